The summed E-state index contributed by atoms with van der Waals surface area (Å²) in [6.07, 6.45) is 0.670. The Labute approximate surface area is 134 Å². The molecule has 0 fully saturated rings. The van der Waals surface area contributed by atoms with Gasteiger partial charge in [0.05, 0.1) is 11.3 Å². The first-order chi connectivity index (χ1) is 10.6. The molecule has 0 saturated carbocycles. The van der Waals surface area contributed by atoms with Crippen molar-refractivity contribution in [3.05, 3.63) is 40.9 Å². The quantitative estimate of drug-likeness (QED) is 0.469. The molecule has 0 bridgehead atoms. The summed E-state index contributed by atoms with van der Waals surface area (Å²) in [6, 6.07) is 2.08. The van der Waals surface area contributed by atoms with Crippen molar-refractivity contribution in [2.75, 3.05) is 12.3 Å². The van der Waals surface area contributed by atoms with Gasteiger partial charge >= 0.3 is 6.18 Å². The van der Waals surface area contributed by atoms with Crippen molar-refractivity contribution in [2.24, 2.45) is 0 Å². The molecule has 0 aliphatic rings. The molecule has 0 aromatic heterocycles. The van der Waals surface area contributed by atoms with Gasteiger partial charge in [-0.15, -0.1) is 5.47 Å². The predicted octanol–water partition coefficient (Wildman–Crippen LogP) is 4.18. The Hall–Kier alpha value is -2.18. The lowest BCUT2D eigenvalue weighted by Gasteiger charge is -2.16. The van der Waals surface area contributed by atoms with Crippen LogP contribution in [0.15, 0.2) is 29.8 Å². The van der Waals surface area contributed by atoms with E-state index in [1.54, 1.807) is 13.0 Å². The van der Waals surface area contributed by atoms with Crippen LogP contribution in [0.25, 0.3) is 6.08 Å². The van der Waals surface area contributed by atoms with Crippen LogP contribution in [0.1, 0.15) is 31.4 Å². The van der Waals surface area contributed by atoms with E-state index in [1.165, 1.54) is 12.2 Å². The molecule has 1 aromatic rings. The minimum Gasteiger partial charge on any atom is -0.487 e. The summed E-state index contributed by atoms with van der Waals surface area (Å²) in [5.74, 6) is -0.406. The predicted molar refractivity (Wildman–Crippen MR) is 87.9 cm³/mol. The maximum atomic E-state index is 13.2. The van der Waals surface area contributed by atoms with Crippen LogP contribution in [0.4, 0.5) is 18.9 Å². The number of hydrogen-bond acceptors (Lipinski definition) is 3. The number of rotatable bonds is 6. The van der Waals surface area contributed by atoms with Gasteiger partial charge in [0.1, 0.15) is 20.2 Å². The van der Waals surface area contributed by atoms with E-state index in [0.717, 1.165) is 12.1 Å². The third-order valence-corrected chi connectivity index (χ3v) is 2.81. The van der Waals surface area contributed by atoms with Gasteiger partial charge < -0.3 is 15.9 Å². The molecule has 3 N–H and O–H groups in total. The average molecular weight is 322 g/mol. The normalized spacial score (nSPS) is 12.7. The summed E-state index contributed by atoms with van der Waals surface area (Å²) >= 11 is 0. The van der Waals surface area contributed by atoms with Crippen molar-refractivity contribution in [1.82, 2.24) is 0 Å². The van der Waals surface area contributed by atoms with Gasteiger partial charge in [-0.05, 0) is 24.1 Å². The molecule has 23 heavy (non-hydrogen) atoms. The van der Waals surface area contributed by atoms with Gasteiger partial charge in [0.2, 0.25) is 0 Å². The first-order valence-electron chi connectivity index (χ1n) is 6.96. The fourth-order valence-corrected chi connectivity index (χ4v) is 1.81. The SMILES string of the molecule is [B]/C(C)=C\C(=N)COc1cc(N)c(/C=C/CC)cc1C(F)(F)F. The topological polar surface area (TPSA) is 59.1 Å². The highest BCUT2D eigenvalue weighted by Gasteiger charge is 2.35. The van der Waals surface area contributed by atoms with Crippen molar-refractivity contribution in [1.29, 1.82) is 5.41 Å². The monoisotopic (exact) mass is 322 g/mol. The molecule has 0 unspecified atom stereocenters. The number of nitrogens with one attached hydrogen (secondary N) is 1. The second kappa shape index (κ2) is 7.90. The molecule has 0 aliphatic heterocycles. The Kier molecular flexibility index (Phi) is 6.48. The first kappa shape index (κ1) is 18.9. The van der Waals surface area contributed by atoms with Crippen LogP contribution in [0.2, 0.25) is 0 Å². The minimum absolute atomic E-state index is 0.0355. The van der Waals surface area contributed by atoms with Gasteiger partial charge in [0.15, 0.2) is 0 Å². The van der Waals surface area contributed by atoms with Crippen LogP contribution < -0.4 is 10.5 Å². The van der Waals surface area contributed by atoms with E-state index in [2.05, 4.69) is 0 Å². The van der Waals surface area contributed by atoms with Crippen LogP contribution in [0.5, 0.6) is 5.75 Å². The summed E-state index contributed by atoms with van der Waals surface area (Å²) in [7, 11) is 5.41. The average Bonchev–Trinajstić information content (AvgIpc) is 2.41. The number of hydrogen-bond donors (Lipinski definition) is 2. The third kappa shape index (κ3) is 5.85. The number of ether oxygens (including phenoxy) is 1. The Morgan fingerprint density at radius 3 is 2.57 bits per heavy atom. The molecule has 122 valence electrons. The Bertz CT molecular complexity index is 633. The molecule has 3 nitrogen and oxygen atoms in total. The summed E-state index contributed by atoms with van der Waals surface area (Å²) in [5, 5.41) is 7.58. The van der Waals surface area contributed by atoms with E-state index in [1.807, 2.05) is 6.92 Å². The summed E-state index contributed by atoms with van der Waals surface area (Å²) < 4.78 is 44.7. The van der Waals surface area contributed by atoms with Crippen molar-refractivity contribution in [3.8, 4) is 5.75 Å². The number of alkyl halides is 3. The van der Waals surface area contributed by atoms with Crippen LogP contribution in [0.3, 0.4) is 0 Å². The van der Waals surface area contributed by atoms with Gasteiger partial charge in [-0.25, -0.2) is 0 Å². The zero-order valence-electron chi connectivity index (χ0n) is 13.0. The number of nitrogens with two attached hydrogens (primary N) is 1. The Morgan fingerprint density at radius 1 is 1.39 bits per heavy atom. The fourth-order valence-electron chi connectivity index (χ4n) is 1.81. The van der Waals surface area contributed by atoms with Crippen molar-refractivity contribution >= 4 is 25.3 Å². The smallest absolute Gasteiger partial charge is 0.419 e. The maximum Gasteiger partial charge on any atom is 0.419 e. The highest BCUT2D eigenvalue weighted by Crippen LogP contribution is 2.39. The molecule has 0 aliphatic carbocycles. The first-order valence-corrected chi connectivity index (χ1v) is 6.96. The fraction of sp³-hybridized carbons (Fsp3) is 0.312. The Balaban J connectivity index is 3.15. The lowest BCUT2D eigenvalue weighted by atomic mass is 9.97. The van der Waals surface area contributed by atoms with Crippen molar-refractivity contribution in [3.63, 3.8) is 0 Å². The molecule has 0 spiro atoms. The van der Waals surface area contributed by atoms with Crippen LogP contribution in [0, 0.1) is 5.41 Å². The second-order valence-corrected chi connectivity index (χ2v) is 4.99. The van der Waals surface area contributed by atoms with Crippen molar-refractivity contribution < 1.29 is 17.9 Å². The lowest BCUT2D eigenvalue weighted by molar-refractivity contribution is -0.138. The second-order valence-electron chi connectivity index (χ2n) is 4.99. The van der Waals surface area contributed by atoms with E-state index in [0.29, 0.717) is 11.9 Å². The van der Waals surface area contributed by atoms with E-state index >= 15 is 0 Å². The number of allylic oxidation sites excluding steroid dienone is 2. The number of halogens is 3. The zero-order valence-corrected chi connectivity index (χ0v) is 13.0. The zero-order chi connectivity index (χ0) is 17.6. The van der Waals surface area contributed by atoms with E-state index < -0.39 is 17.5 Å². The molecule has 0 amide bonds. The van der Waals surface area contributed by atoms with Crippen LogP contribution in [-0.4, -0.2) is 20.2 Å². The molecule has 7 heteroatoms. The van der Waals surface area contributed by atoms with Gasteiger partial charge in [-0.3, -0.25) is 0 Å². The van der Waals surface area contributed by atoms with Gasteiger partial charge in [0, 0.05) is 11.8 Å². The number of anilines is 1. The summed E-state index contributed by atoms with van der Waals surface area (Å²) in [6.45, 7) is 3.11. The maximum absolute atomic E-state index is 13.2. The molecule has 1 aromatic carbocycles. The molecule has 1 rings (SSSR count). The summed E-state index contributed by atoms with van der Waals surface area (Å²) in [5.41, 5.74) is 5.64. The largest absolute Gasteiger partial charge is 0.487 e. The number of benzene rings is 1. The molecule has 0 saturated heterocycles. The van der Waals surface area contributed by atoms with E-state index in [-0.39, 0.29) is 23.6 Å². The minimum atomic E-state index is -4.58. The van der Waals surface area contributed by atoms with E-state index in [4.69, 9.17) is 23.7 Å². The van der Waals surface area contributed by atoms with Crippen molar-refractivity contribution in [2.45, 2.75) is 26.4 Å². The Morgan fingerprint density at radius 2 is 2.04 bits per heavy atom. The molecular weight excluding hydrogens is 304 g/mol. The van der Waals surface area contributed by atoms with Gasteiger partial charge in [-0.2, -0.15) is 13.2 Å². The van der Waals surface area contributed by atoms with E-state index in [9.17, 15) is 13.2 Å². The standard InChI is InChI=1S/C16H18BF3N2O/c1-3-4-5-11-7-13(16(18,19)20)15(8-14(11)22)23-9-12(21)6-10(2)17/h4-8,21H,3,9,22H2,1-2H3/b5-4+,10-6-,21-12?. The number of nitrogen functional groups attached to an aromatic ring is 1. The van der Waals surface area contributed by atoms with Crippen LogP contribution in [-0.2, 0) is 6.18 Å². The van der Waals surface area contributed by atoms with Gasteiger partial charge in [0.25, 0.3) is 0 Å². The molecule has 0 atom stereocenters. The molecule has 0 heterocycles. The highest BCUT2D eigenvalue weighted by atomic mass is 19.4. The summed E-state index contributed by atoms with van der Waals surface area (Å²) in [4.78, 5) is 0. The van der Waals surface area contributed by atoms with Gasteiger partial charge in [-0.1, -0.05) is 26.0 Å². The highest BCUT2D eigenvalue weighted by molar-refractivity contribution is 6.23. The molecular formula is C16H18BF3N2O. The molecule has 2 radical (unpaired) electrons. The third-order valence-electron chi connectivity index (χ3n) is 2.81. The van der Waals surface area contributed by atoms with Crippen LogP contribution >= 0.6 is 0 Å². The lowest BCUT2D eigenvalue weighted by Crippen LogP contribution is -2.14.